The molecule has 0 spiro atoms. The molecule has 0 aliphatic rings. The number of rotatable bonds is 2. The van der Waals surface area contributed by atoms with E-state index in [1.165, 1.54) is 0 Å². The Morgan fingerprint density at radius 1 is 1.31 bits per heavy atom. The fourth-order valence-electron chi connectivity index (χ4n) is 1.23. The minimum absolute atomic E-state index is 0.466. The van der Waals surface area contributed by atoms with Crippen molar-refractivity contribution in [3.63, 3.8) is 0 Å². The Morgan fingerprint density at radius 3 is 2.75 bits per heavy atom. The molecular weight excluding hydrogens is 338 g/mol. The van der Waals surface area contributed by atoms with Gasteiger partial charge in [0.1, 0.15) is 10.8 Å². The Morgan fingerprint density at radius 2 is 2.12 bits per heavy atom. The van der Waals surface area contributed by atoms with Crippen molar-refractivity contribution < 1.29 is 0 Å². The van der Waals surface area contributed by atoms with Crippen LogP contribution in [0.1, 0.15) is 12.6 Å². The van der Waals surface area contributed by atoms with Crippen LogP contribution in [0.5, 0.6) is 0 Å². The molecule has 16 heavy (non-hydrogen) atoms. The number of halogens is 2. The molecule has 0 saturated carbocycles. The average molecular weight is 347 g/mol. The second-order valence-corrected chi connectivity index (χ2v) is 4.48. The lowest BCUT2D eigenvalue weighted by Gasteiger charge is -2.05. The summed E-state index contributed by atoms with van der Waals surface area (Å²) in [6.45, 7) is 2.03. The van der Waals surface area contributed by atoms with Crippen LogP contribution in [0.15, 0.2) is 18.6 Å². The van der Waals surface area contributed by atoms with Crippen LogP contribution < -0.4 is 0 Å². The minimum Gasteiger partial charge on any atom is -0.261 e. The van der Waals surface area contributed by atoms with Gasteiger partial charge < -0.3 is 0 Å². The van der Waals surface area contributed by atoms with Gasteiger partial charge in [0.05, 0.1) is 15.5 Å². The van der Waals surface area contributed by atoms with Crippen LogP contribution >= 0.6 is 34.2 Å². The average Bonchev–Trinajstić information content (AvgIpc) is 2.33. The molecule has 2 heterocycles. The van der Waals surface area contributed by atoms with E-state index in [2.05, 4.69) is 42.5 Å². The van der Waals surface area contributed by atoms with Gasteiger partial charge in [-0.05, 0) is 29.0 Å². The van der Waals surface area contributed by atoms with Crippen molar-refractivity contribution >= 4 is 34.2 Å². The molecular formula is C10H8ClIN4. The highest BCUT2D eigenvalue weighted by Gasteiger charge is 2.11. The highest BCUT2D eigenvalue weighted by atomic mass is 127. The summed E-state index contributed by atoms with van der Waals surface area (Å²) in [4.78, 5) is 16.7. The summed E-state index contributed by atoms with van der Waals surface area (Å²) in [5.41, 5.74) is 1.57. The second-order valence-electron chi connectivity index (χ2n) is 3.04. The maximum atomic E-state index is 6.04. The Kier molecular flexibility index (Phi) is 3.65. The molecule has 2 aromatic rings. The van der Waals surface area contributed by atoms with E-state index in [0.717, 1.165) is 15.7 Å². The molecule has 2 rings (SSSR count). The smallest absolute Gasteiger partial charge is 0.181 e. The highest BCUT2D eigenvalue weighted by Crippen LogP contribution is 2.22. The zero-order valence-electron chi connectivity index (χ0n) is 8.48. The summed E-state index contributed by atoms with van der Waals surface area (Å²) in [5.74, 6) is 0.523. The van der Waals surface area contributed by atoms with Crippen molar-refractivity contribution in [3.05, 3.63) is 33.0 Å². The lowest BCUT2D eigenvalue weighted by molar-refractivity contribution is 0.979. The summed E-state index contributed by atoms with van der Waals surface area (Å²) in [7, 11) is 0. The summed E-state index contributed by atoms with van der Waals surface area (Å²) in [6.07, 6.45) is 5.65. The monoisotopic (exact) mass is 346 g/mol. The molecule has 0 saturated heterocycles. The van der Waals surface area contributed by atoms with Crippen molar-refractivity contribution in [2.75, 3.05) is 0 Å². The molecule has 0 aromatic carbocycles. The Balaban J connectivity index is 2.55. The zero-order valence-corrected chi connectivity index (χ0v) is 11.4. The molecule has 0 amide bonds. The fourth-order valence-corrected chi connectivity index (χ4v) is 2.04. The van der Waals surface area contributed by atoms with Crippen molar-refractivity contribution in [1.82, 2.24) is 19.9 Å². The fraction of sp³-hybridized carbons (Fsp3) is 0.200. The quantitative estimate of drug-likeness (QED) is 0.620. The van der Waals surface area contributed by atoms with Gasteiger partial charge in [-0.3, -0.25) is 4.98 Å². The molecule has 0 N–H and O–H groups in total. The Labute approximate surface area is 112 Å². The van der Waals surface area contributed by atoms with Crippen LogP contribution in [0.2, 0.25) is 5.15 Å². The third kappa shape index (κ3) is 2.30. The van der Waals surface area contributed by atoms with Gasteiger partial charge in [0.15, 0.2) is 5.82 Å². The molecule has 0 unspecified atom stereocenters. The first-order chi connectivity index (χ1) is 7.72. The van der Waals surface area contributed by atoms with Crippen LogP contribution in [0.3, 0.4) is 0 Å². The predicted octanol–water partition coefficient (Wildman–Crippen LogP) is 2.75. The van der Waals surface area contributed by atoms with Gasteiger partial charge in [-0.1, -0.05) is 18.5 Å². The van der Waals surface area contributed by atoms with E-state index >= 15 is 0 Å². The Hall–Kier alpha value is -0.820. The molecule has 0 atom stereocenters. The third-order valence-electron chi connectivity index (χ3n) is 2.01. The lowest BCUT2D eigenvalue weighted by atomic mass is 10.3. The van der Waals surface area contributed by atoms with Crippen LogP contribution in [-0.2, 0) is 6.42 Å². The lowest BCUT2D eigenvalue weighted by Crippen LogP contribution is -2.00. The number of aryl methyl sites for hydroxylation is 1. The normalized spacial score (nSPS) is 10.4. The van der Waals surface area contributed by atoms with Gasteiger partial charge in [-0.2, -0.15) is 0 Å². The second kappa shape index (κ2) is 5.01. The van der Waals surface area contributed by atoms with Crippen molar-refractivity contribution in [2.45, 2.75) is 13.3 Å². The SMILES string of the molecule is CCc1nc(-c2cnccn2)nc(Cl)c1I. The molecule has 0 fully saturated rings. The summed E-state index contributed by atoms with van der Waals surface area (Å²) in [5, 5.41) is 0.466. The van der Waals surface area contributed by atoms with E-state index in [4.69, 9.17) is 11.6 Å². The van der Waals surface area contributed by atoms with Gasteiger partial charge >= 0.3 is 0 Å². The predicted molar refractivity (Wildman–Crippen MR) is 70.2 cm³/mol. The van der Waals surface area contributed by atoms with Gasteiger partial charge in [0.2, 0.25) is 0 Å². The molecule has 0 aliphatic carbocycles. The number of aromatic nitrogens is 4. The van der Waals surface area contributed by atoms with E-state index in [0.29, 0.717) is 16.7 Å². The first-order valence-electron chi connectivity index (χ1n) is 4.70. The van der Waals surface area contributed by atoms with E-state index in [1.807, 2.05) is 6.92 Å². The maximum Gasteiger partial charge on any atom is 0.181 e. The first kappa shape index (κ1) is 11.7. The van der Waals surface area contributed by atoms with Gasteiger partial charge in [-0.25, -0.2) is 15.0 Å². The first-order valence-corrected chi connectivity index (χ1v) is 6.16. The molecule has 82 valence electrons. The van der Waals surface area contributed by atoms with Crippen LogP contribution in [0, 0.1) is 3.57 Å². The largest absolute Gasteiger partial charge is 0.261 e. The van der Waals surface area contributed by atoms with E-state index in [-0.39, 0.29) is 0 Å². The summed E-state index contributed by atoms with van der Waals surface area (Å²) >= 11 is 8.19. The van der Waals surface area contributed by atoms with Crippen molar-refractivity contribution in [1.29, 1.82) is 0 Å². The van der Waals surface area contributed by atoms with Crippen LogP contribution in [0.4, 0.5) is 0 Å². The Bertz CT molecular complexity index is 504. The van der Waals surface area contributed by atoms with Gasteiger partial charge in [0, 0.05) is 12.4 Å². The summed E-state index contributed by atoms with van der Waals surface area (Å²) < 4.78 is 0.898. The zero-order chi connectivity index (χ0) is 11.5. The van der Waals surface area contributed by atoms with Crippen LogP contribution in [-0.4, -0.2) is 19.9 Å². The third-order valence-corrected chi connectivity index (χ3v) is 3.73. The van der Waals surface area contributed by atoms with Gasteiger partial charge in [-0.15, -0.1) is 0 Å². The molecule has 0 bridgehead atoms. The number of hydrogen-bond acceptors (Lipinski definition) is 4. The molecule has 2 aromatic heterocycles. The van der Waals surface area contributed by atoms with Crippen molar-refractivity contribution in [3.8, 4) is 11.5 Å². The van der Waals surface area contributed by atoms with E-state index in [1.54, 1.807) is 18.6 Å². The maximum absolute atomic E-state index is 6.04. The standard InChI is InChI=1S/C10H8ClIN4/c1-2-6-8(12)9(11)16-10(15-6)7-5-13-3-4-14-7/h3-5H,2H2,1H3. The number of hydrogen-bond donors (Lipinski definition) is 0. The van der Waals surface area contributed by atoms with E-state index < -0.39 is 0 Å². The topological polar surface area (TPSA) is 51.6 Å². The highest BCUT2D eigenvalue weighted by molar-refractivity contribution is 14.1. The molecule has 0 radical (unpaired) electrons. The summed E-state index contributed by atoms with van der Waals surface area (Å²) in [6, 6.07) is 0. The van der Waals surface area contributed by atoms with Crippen LogP contribution in [0.25, 0.3) is 11.5 Å². The molecule has 0 aliphatic heterocycles. The minimum atomic E-state index is 0.466. The van der Waals surface area contributed by atoms with E-state index in [9.17, 15) is 0 Å². The number of nitrogens with zero attached hydrogens (tertiary/aromatic N) is 4. The molecule has 4 nitrogen and oxygen atoms in total. The van der Waals surface area contributed by atoms with Crippen molar-refractivity contribution in [2.24, 2.45) is 0 Å². The molecule has 6 heteroatoms. The van der Waals surface area contributed by atoms with Gasteiger partial charge in [0.25, 0.3) is 0 Å².